The molecule has 8 heteroatoms. The minimum absolute atomic E-state index is 0.0304. The maximum atomic E-state index is 11.7. The number of benzene rings is 1. The summed E-state index contributed by atoms with van der Waals surface area (Å²) in [6.07, 6.45) is 0. The largest absolute Gasteiger partial charge is 0.484 e. The van der Waals surface area contributed by atoms with E-state index < -0.39 is 0 Å². The van der Waals surface area contributed by atoms with Crippen molar-refractivity contribution < 1.29 is 28.9 Å². The first-order valence-corrected chi connectivity index (χ1v) is 8.71. The molecule has 8 nitrogen and oxygen atoms in total. The van der Waals surface area contributed by atoms with Gasteiger partial charge in [-0.25, -0.2) is 0 Å². The van der Waals surface area contributed by atoms with Gasteiger partial charge in [-0.3, -0.25) is 9.59 Å². The maximum Gasteiger partial charge on any atom is 0.258 e. The average Bonchev–Trinajstić information content (AvgIpc) is 2.67. The van der Waals surface area contributed by atoms with Crippen LogP contribution in [0.1, 0.15) is 12.5 Å². The molecular formula is C19H28N2O6. The lowest BCUT2D eigenvalue weighted by Crippen LogP contribution is -2.32. The summed E-state index contributed by atoms with van der Waals surface area (Å²) in [5, 5.41) is 14.3. The standard InChI is InChI=1S/C19H28N2O6/c1-15(2)19(24)21-8-10-26-12-11-25-9-7-20-18(23)14-27-17-5-3-16(13-22)4-6-17/h3-6,22H,1,7-14H2,2H3,(H,20,23)(H,21,24). The Bertz CT molecular complexity index is 588. The molecule has 0 aliphatic carbocycles. The van der Waals surface area contributed by atoms with Crippen LogP contribution in [0.25, 0.3) is 0 Å². The van der Waals surface area contributed by atoms with Crippen molar-refractivity contribution in [1.82, 2.24) is 10.6 Å². The Hall–Kier alpha value is -2.42. The van der Waals surface area contributed by atoms with Gasteiger partial charge < -0.3 is 30.0 Å². The van der Waals surface area contributed by atoms with Gasteiger partial charge in [-0.15, -0.1) is 0 Å². The Morgan fingerprint density at radius 3 is 2.15 bits per heavy atom. The van der Waals surface area contributed by atoms with Crippen molar-refractivity contribution in [1.29, 1.82) is 0 Å². The maximum absolute atomic E-state index is 11.7. The molecule has 0 saturated heterocycles. The molecular weight excluding hydrogens is 352 g/mol. The molecule has 1 aromatic carbocycles. The zero-order valence-electron chi connectivity index (χ0n) is 15.7. The number of aliphatic hydroxyl groups excluding tert-OH is 1. The Kier molecular flexibility index (Phi) is 11.5. The minimum atomic E-state index is -0.241. The SMILES string of the molecule is C=C(C)C(=O)NCCOCCOCCNC(=O)COc1ccc(CO)cc1. The first-order valence-electron chi connectivity index (χ1n) is 8.71. The van der Waals surface area contributed by atoms with E-state index >= 15 is 0 Å². The summed E-state index contributed by atoms with van der Waals surface area (Å²) in [6.45, 7) is 7.44. The van der Waals surface area contributed by atoms with Crippen molar-refractivity contribution in [2.24, 2.45) is 0 Å². The van der Waals surface area contributed by atoms with Crippen molar-refractivity contribution in [3.8, 4) is 5.75 Å². The Labute approximate surface area is 159 Å². The molecule has 0 unspecified atom stereocenters. The van der Waals surface area contributed by atoms with Crippen LogP contribution in [0.2, 0.25) is 0 Å². The fourth-order valence-electron chi connectivity index (χ4n) is 1.86. The van der Waals surface area contributed by atoms with Crippen molar-refractivity contribution >= 4 is 11.8 Å². The molecule has 0 heterocycles. The van der Waals surface area contributed by atoms with Gasteiger partial charge in [0, 0.05) is 18.7 Å². The van der Waals surface area contributed by atoms with Crippen LogP contribution in [0, 0.1) is 0 Å². The number of amides is 2. The molecule has 0 atom stereocenters. The van der Waals surface area contributed by atoms with E-state index in [4.69, 9.17) is 19.3 Å². The third-order valence-electron chi connectivity index (χ3n) is 3.34. The fraction of sp³-hybridized carbons (Fsp3) is 0.474. The van der Waals surface area contributed by atoms with Gasteiger partial charge in [0.1, 0.15) is 5.75 Å². The molecule has 0 radical (unpaired) electrons. The fourth-order valence-corrected chi connectivity index (χ4v) is 1.86. The van der Waals surface area contributed by atoms with Crippen molar-refractivity contribution in [2.45, 2.75) is 13.5 Å². The molecule has 0 aliphatic rings. The van der Waals surface area contributed by atoms with Gasteiger partial charge in [-0.2, -0.15) is 0 Å². The molecule has 0 bridgehead atoms. The van der Waals surface area contributed by atoms with E-state index in [1.165, 1.54) is 0 Å². The van der Waals surface area contributed by atoms with Crippen molar-refractivity contribution in [2.75, 3.05) is 46.1 Å². The lowest BCUT2D eigenvalue weighted by atomic mass is 10.2. The molecule has 1 rings (SSSR count). The Morgan fingerprint density at radius 1 is 1.00 bits per heavy atom. The molecule has 3 N–H and O–H groups in total. The van der Waals surface area contributed by atoms with Crippen molar-refractivity contribution in [3.05, 3.63) is 42.0 Å². The van der Waals surface area contributed by atoms with Crippen LogP contribution in [-0.2, 0) is 25.7 Å². The summed E-state index contributed by atoms with van der Waals surface area (Å²) in [4.78, 5) is 22.9. The number of ether oxygens (including phenoxy) is 3. The summed E-state index contributed by atoms with van der Waals surface area (Å²) in [5.41, 5.74) is 1.25. The van der Waals surface area contributed by atoms with Gasteiger partial charge in [0.25, 0.3) is 5.91 Å². The molecule has 0 aliphatic heterocycles. The zero-order valence-corrected chi connectivity index (χ0v) is 15.7. The van der Waals surface area contributed by atoms with Gasteiger partial charge in [-0.05, 0) is 24.6 Å². The molecule has 0 aromatic heterocycles. The lowest BCUT2D eigenvalue weighted by Gasteiger charge is -2.09. The summed E-state index contributed by atoms with van der Waals surface area (Å²) >= 11 is 0. The van der Waals surface area contributed by atoms with Crippen molar-refractivity contribution in [3.63, 3.8) is 0 Å². The summed E-state index contributed by atoms with van der Waals surface area (Å²) in [7, 11) is 0. The Morgan fingerprint density at radius 2 is 1.59 bits per heavy atom. The highest BCUT2D eigenvalue weighted by molar-refractivity contribution is 5.92. The summed E-state index contributed by atoms with van der Waals surface area (Å²) in [5.74, 6) is 0.140. The van der Waals surface area contributed by atoms with Gasteiger partial charge in [0.15, 0.2) is 6.61 Å². The molecule has 0 saturated carbocycles. The van der Waals surface area contributed by atoms with Crippen LogP contribution < -0.4 is 15.4 Å². The number of rotatable bonds is 14. The normalized spacial score (nSPS) is 10.3. The average molecular weight is 380 g/mol. The van der Waals surface area contributed by atoms with E-state index in [-0.39, 0.29) is 25.0 Å². The molecule has 0 fully saturated rings. The third kappa shape index (κ3) is 11.0. The molecule has 1 aromatic rings. The lowest BCUT2D eigenvalue weighted by molar-refractivity contribution is -0.123. The predicted molar refractivity (Wildman–Crippen MR) is 100 cm³/mol. The second kappa shape index (κ2) is 13.7. The first-order chi connectivity index (χ1) is 13.0. The molecule has 150 valence electrons. The first kappa shape index (κ1) is 22.6. The van der Waals surface area contributed by atoms with E-state index in [0.717, 1.165) is 5.56 Å². The highest BCUT2D eigenvalue weighted by Gasteiger charge is 2.03. The van der Waals surface area contributed by atoms with Crippen LogP contribution in [-0.4, -0.2) is 63.0 Å². The van der Waals surface area contributed by atoms with Gasteiger partial charge >= 0.3 is 0 Å². The highest BCUT2D eigenvalue weighted by Crippen LogP contribution is 2.11. The van der Waals surface area contributed by atoms with Crippen LogP contribution >= 0.6 is 0 Å². The van der Waals surface area contributed by atoms with Crippen LogP contribution in [0.3, 0.4) is 0 Å². The van der Waals surface area contributed by atoms with E-state index in [9.17, 15) is 9.59 Å². The van der Waals surface area contributed by atoms with E-state index in [2.05, 4.69) is 17.2 Å². The second-order valence-electron chi connectivity index (χ2n) is 5.70. The van der Waals surface area contributed by atoms with Crippen LogP contribution in [0.15, 0.2) is 36.4 Å². The van der Waals surface area contributed by atoms with E-state index in [1.807, 2.05) is 0 Å². The van der Waals surface area contributed by atoms with Gasteiger partial charge in [0.05, 0.1) is 33.0 Å². The Balaban J connectivity index is 1.93. The molecule has 27 heavy (non-hydrogen) atoms. The minimum Gasteiger partial charge on any atom is -0.484 e. The van der Waals surface area contributed by atoms with Crippen LogP contribution in [0.5, 0.6) is 5.75 Å². The van der Waals surface area contributed by atoms with E-state index in [1.54, 1.807) is 31.2 Å². The van der Waals surface area contributed by atoms with Gasteiger partial charge in [0.2, 0.25) is 5.91 Å². The number of carbonyl (C=O) groups is 2. The smallest absolute Gasteiger partial charge is 0.258 e. The highest BCUT2D eigenvalue weighted by atomic mass is 16.5. The number of carbonyl (C=O) groups excluding carboxylic acids is 2. The number of hydrogen-bond donors (Lipinski definition) is 3. The third-order valence-corrected chi connectivity index (χ3v) is 3.34. The monoisotopic (exact) mass is 380 g/mol. The van der Waals surface area contributed by atoms with Crippen LogP contribution in [0.4, 0.5) is 0 Å². The predicted octanol–water partition coefficient (Wildman–Crippen LogP) is 0.399. The molecule has 2 amide bonds. The van der Waals surface area contributed by atoms with Gasteiger partial charge in [-0.1, -0.05) is 18.7 Å². The topological polar surface area (TPSA) is 106 Å². The quantitative estimate of drug-likeness (QED) is 0.319. The number of aliphatic hydroxyl groups is 1. The summed E-state index contributed by atoms with van der Waals surface area (Å²) < 4.78 is 16.0. The summed E-state index contributed by atoms with van der Waals surface area (Å²) in [6, 6.07) is 6.87. The number of nitrogens with one attached hydrogen (secondary N) is 2. The van der Waals surface area contributed by atoms with E-state index in [0.29, 0.717) is 50.8 Å². The second-order valence-corrected chi connectivity index (χ2v) is 5.70. The number of hydrogen-bond acceptors (Lipinski definition) is 6. The molecule has 0 spiro atoms. The zero-order chi connectivity index (χ0) is 19.9.